The fourth-order valence-electron chi connectivity index (χ4n) is 2.70. The van der Waals surface area contributed by atoms with Gasteiger partial charge in [-0.3, -0.25) is 0 Å². The van der Waals surface area contributed by atoms with Gasteiger partial charge in [0, 0.05) is 12.6 Å². The van der Waals surface area contributed by atoms with Crippen LogP contribution < -0.4 is 10.1 Å². The highest BCUT2D eigenvalue weighted by molar-refractivity contribution is 5.21. The third kappa shape index (κ3) is 5.30. The first-order chi connectivity index (χ1) is 10.2. The van der Waals surface area contributed by atoms with E-state index in [0.29, 0.717) is 6.61 Å². The van der Waals surface area contributed by atoms with Crippen LogP contribution in [0.15, 0.2) is 30.3 Å². The SMILES string of the molecule is CC(C)OCCN[C@H]1CCC[C@@H](Oc2ccccc2)[C@@H]1O. The van der Waals surface area contributed by atoms with Gasteiger partial charge in [-0.25, -0.2) is 0 Å². The Kier molecular flexibility index (Phi) is 6.49. The molecule has 1 saturated carbocycles. The molecule has 1 fully saturated rings. The Morgan fingerprint density at radius 1 is 1.24 bits per heavy atom. The smallest absolute Gasteiger partial charge is 0.126 e. The van der Waals surface area contributed by atoms with E-state index in [1.54, 1.807) is 0 Å². The second kappa shape index (κ2) is 8.37. The maximum Gasteiger partial charge on any atom is 0.126 e. The standard InChI is InChI=1S/C17H27NO3/c1-13(2)20-12-11-18-15-9-6-10-16(17(15)19)21-14-7-4-3-5-8-14/h3-5,7-8,13,15-19H,6,9-12H2,1-2H3/t15-,16+,17+/m0/s1. The fourth-order valence-corrected chi connectivity index (χ4v) is 2.70. The molecule has 0 aliphatic heterocycles. The minimum absolute atomic E-state index is 0.0863. The molecular formula is C17H27NO3. The molecule has 0 unspecified atom stereocenters. The number of benzene rings is 1. The number of nitrogens with one attached hydrogen (secondary N) is 1. The van der Waals surface area contributed by atoms with Gasteiger partial charge >= 0.3 is 0 Å². The Morgan fingerprint density at radius 2 is 2.00 bits per heavy atom. The van der Waals surface area contributed by atoms with E-state index in [1.165, 1.54) is 0 Å². The zero-order valence-corrected chi connectivity index (χ0v) is 13.0. The first-order valence-electron chi connectivity index (χ1n) is 7.91. The molecule has 0 radical (unpaired) electrons. The zero-order valence-electron chi connectivity index (χ0n) is 13.0. The Balaban J connectivity index is 1.79. The van der Waals surface area contributed by atoms with Gasteiger partial charge in [0.05, 0.1) is 12.7 Å². The van der Waals surface area contributed by atoms with Gasteiger partial charge in [-0.15, -0.1) is 0 Å². The second-order valence-corrected chi connectivity index (χ2v) is 5.87. The molecule has 4 heteroatoms. The third-order valence-electron chi connectivity index (χ3n) is 3.79. The van der Waals surface area contributed by atoms with E-state index in [0.717, 1.165) is 31.6 Å². The number of aliphatic hydroxyl groups is 1. The molecule has 1 aromatic rings. The zero-order chi connectivity index (χ0) is 15.1. The van der Waals surface area contributed by atoms with Crippen LogP contribution >= 0.6 is 0 Å². The molecule has 3 atom stereocenters. The summed E-state index contributed by atoms with van der Waals surface area (Å²) in [6.07, 6.45) is 2.59. The van der Waals surface area contributed by atoms with Crippen LogP contribution in [0, 0.1) is 0 Å². The van der Waals surface area contributed by atoms with Crippen molar-refractivity contribution in [2.75, 3.05) is 13.2 Å². The molecule has 0 amide bonds. The van der Waals surface area contributed by atoms with E-state index in [1.807, 2.05) is 44.2 Å². The summed E-state index contributed by atoms with van der Waals surface area (Å²) >= 11 is 0. The van der Waals surface area contributed by atoms with Crippen molar-refractivity contribution in [3.63, 3.8) is 0 Å². The highest BCUT2D eigenvalue weighted by Crippen LogP contribution is 2.24. The largest absolute Gasteiger partial charge is 0.488 e. The van der Waals surface area contributed by atoms with Crippen molar-refractivity contribution >= 4 is 0 Å². The molecule has 0 heterocycles. The van der Waals surface area contributed by atoms with Gasteiger partial charge in [0.25, 0.3) is 0 Å². The van der Waals surface area contributed by atoms with Crippen LogP contribution in [0.3, 0.4) is 0 Å². The van der Waals surface area contributed by atoms with Gasteiger partial charge in [-0.2, -0.15) is 0 Å². The summed E-state index contributed by atoms with van der Waals surface area (Å²) in [5.41, 5.74) is 0. The lowest BCUT2D eigenvalue weighted by atomic mass is 9.90. The molecule has 1 aliphatic rings. The van der Waals surface area contributed by atoms with Crippen LogP contribution in [0.1, 0.15) is 33.1 Å². The van der Waals surface area contributed by atoms with Crippen molar-refractivity contribution in [3.8, 4) is 5.75 Å². The molecule has 1 aliphatic carbocycles. The summed E-state index contributed by atoms with van der Waals surface area (Å²) in [5.74, 6) is 0.824. The predicted octanol–water partition coefficient (Wildman–Crippen LogP) is 2.36. The number of hydrogen-bond donors (Lipinski definition) is 2. The van der Waals surface area contributed by atoms with E-state index in [4.69, 9.17) is 9.47 Å². The molecule has 1 aromatic carbocycles. The predicted molar refractivity (Wildman–Crippen MR) is 83.6 cm³/mol. The summed E-state index contributed by atoms with van der Waals surface area (Å²) in [6, 6.07) is 9.81. The lowest BCUT2D eigenvalue weighted by Gasteiger charge is -2.35. The molecule has 0 spiro atoms. The maximum atomic E-state index is 10.5. The van der Waals surface area contributed by atoms with E-state index in [-0.39, 0.29) is 18.2 Å². The summed E-state index contributed by atoms with van der Waals surface area (Å²) in [6.45, 7) is 5.49. The number of aliphatic hydroxyl groups excluding tert-OH is 1. The molecule has 0 aromatic heterocycles. The summed E-state index contributed by atoms with van der Waals surface area (Å²) < 4.78 is 11.4. The van der Waals surface area contributed by atoms with E-state index < -0.39 is 6.10 Å². The number of ether oxygens (including phenoxy) is 2. The number of hydrogen-bond acceptors (Lipinski definition) is 4. The molecule has 2 N–H and O–H groups in total. The fraction of sp³-hybridized carbons (Fsp3) is 0.647. The highest BCUT2D eigenvalue weighted by Gasteiger charge is 2.32. The molecule has 0 bridgehead atoms. The van der Waals surface area contributed by atoms with Crippen molar-refractivity contribution in [1.82, 2.24) is 5.32 Å². The van der Waals surface area contributed by atoms with Gasteiger partial charge in [0.1, 0.15) is 18.0 Å². The van der Waals surface area contributed by atoms with Crippen molar-refractivity contribution in [2.45, 2.75) is 57.5 Å². The Bertz CT molecular complexity index is 396. The van der Waals surface area contributed by atoms with Crippen molar-refractivity contribution in [2.24, 2.45) is 0 Å². The Labute approximate surface area is 127 Å². The lowest BCUT2D eigenvalue weighted by molar-refractivity contribution is -0.0179. The normalized spacial score (nSPS) is 26.0. The average Bonchev–Trinajstić information content (AvgIpc) is 2.48. The average molecular weight is 293 g/mol. The first-order valence-corrected chi connectivity index (χ1v) is 7.91. The van der Waals surface area contributed by atoms with Gasteiger partial charge in [-0.1, -0.05) is 18.2 Å². The van der Waals surface area contributed by atoms with E-state index in [2.05, 4.69) is 5.32 Å². The molecular weight excluding hydrogens is 266 g/mol. The highest BCUT2D eigenvalue weighted by atomic mass is 16.5. The van der Waals surface area contributed by atoms with E-state index >= 15 is 0 Å². The summed E-state index contributed by atoms with van der Waals surface area (Å²) in [5, 5.41) is 13.9. The molecule has 2 rings (SSSR count). The van der Waals surface area contributed by atoms with Crippen LogP contribution in [0.2, 0.25) is 0 Å². The number of rotatable bonds is 7. The van der Waals surface area contributed by atoms with Gasteiger partial charge in [-0.05, 0) is 45.2 Å². The maximum absolute atomic E-state index is 10.5. The van der Waals surface area contributed by atoms with E-state index in [9.17, 15) is 5.11 Å². The Morgan fingerprint density at radius 3 is 2.71 bits per heavy atom. The molecule has 4 nitrogen and oxygen atoms in total. The Hall–Kier alpha value is -1.10. The molecule has 118 valence electrons. The molecule has 21 heavy (non-hydrogen) atoms. The number of para-hydroxylation sites is 1. The minimum Gasteiger partial charge on any atom is -0.488 e. The quantitative estimate of drug-likeness (QED) is 0.758. The topological polar surface area (TPSA) is 50.7 Å². The summed E-state index contributed by atoms with van der Waals surface area (Å²) in [4.78, 5) is 0. The molecule has 0 saturated heterocycles. The van der Waals surface area contributed by atoms with Gasteiger partial charge < -0.3 is 19.9 Å². The van der Waals surface area contributed by atoms with Crippen molar-refractivity contribution in [3.05, 3.63) is 30.3 Å². The lowest BCUT2D eigenvalue weighted by Crippen LogP contribution is -2.51. The minimum atomic E-state index is -0.474. The first kappa shape index (κ1) is 16.3. The summed E-state index contributed by atoms with van der Waals surface area (Å²) in [7, 11) is 0. The van der Waals surface area contributed by atoms with Crippen molar-refractivity contribution in [1.29, 1.82) is 0 Å². The van der Waals surface area contributed by atoms with Crippen LogP contribution in [-0.4, -0.2) is 42.6 Å². The monoisotopic (exact) mass is 293 g/mol. The third-order valence-corrected chi connectivity index (χ3v) is 3.79. The van der Waals surface area contributed by atoms with Crippen LogP contribution in [0.5, 0.6) is 5.75 Å². The second-order valence-electron chi connectivity index (χ2n) is 5.87. The van der Waals surface area contributed by atoms with Gasteiger partial charge in [0.15, 0.2) is 0 Å². The van der Waals surface area contributed by atoms with Crippen LogP contribution in [-0.2, 0) is 4.74 Å². The van der Waals surface area contributed by atoms with Crippen molar-refractivity contribution < 1.29 is 14.6 Å². The van der Waals surface area contributed by atoms with Crippen LogP contribution in [0.25, 0.3) is 0 Å². The van der Waals surface area contributed by atoms with Gasteiger partial charge in [0.2, 0.25) is 0 Å². The van der Waals surface area contributed by atoms with Crippen LogP contribution in [0.4, 0.5) is 0 Å².